The summed E-state index contributed by atoms with van der Waals surface area (Å²) >= 11 is 0. The van der Waals surface area contributed by atoms with Gasteiger partial charge >= 0.3 is 11.9 Å². The van der Waals surface area contributed by atoms with Gasteiger partial charge in [-0.1, -0.05) is 42.5 Å². The van der Waals surface area contributed by atoms with Gasteiger partial charge in [0.1, 0.15) is 5.54 Å². The van der Waals surface area contributed by atoms with E-state index in [-0.39, 0.29) is 30.8 Å². The molecule has 4 atom stereocenters. The predicted molar refractivity (Wildman–Crippen MR) is 149 cm³/mol. The van der Waals surface area contributed by atoms with Crippen molar-refractivity contribution in [1.29, 1.82) is 0 Å². The molecular formula is C30H28N4O8. The molecule has 5 rings (SSSR count). The highest BCUT2D eigenvalue weighted by Gasteiger charge is 2.68. The molecule has 216 valence electrons. The lowest BCUT2D eigenvalue weighted by Crippen LogP contribution is -2.57. The molecule has 3 aromatic rings. The number of carbonyl (C=O) groups excluding carboxylic acids is 3. The van der Waals surface area contributed by atoms with E-state index in [4.69, 9.17) is 4.74 Å². The Morgan fingerprint density at radius 2 is 1.69 bits per heavy atom. The second-order valence-corrected chi connectivity index (χ2v) is 10.2. The molecular weight excluding hydrogens is 544 g/mol. The van der Waals surface area contributed by atoms with E-state index in [1.54, 1.807) is 12.1 Å². The molecule has 0 spiro atoms. The maximum absolute atomic E-state index is 13.9. The molecule has 42 heavy (non-hydrogen) atoms. The summed E-state index contributed by atoms with van der Waals surface area (Å²) in [6.07, 6.45) is -0.201. The Balaban J connectivity index is 1.50. The predicted octanol–water partition coefficient (Wildman–Crippen LogP) is 2.81. The Morgan fingerprint density at radius 3 is 2.29 bits per heavy atom. The van der Waals surface area contributed by atoms with Crippen molar-refractivity contribution in [3.63, 3.8) is 0 Å². The molecule has 4 unspecified atom stereocenters. The topological polar surface area (TPSA) is 168 Å². The minimum absolute atomic E-state index is 0.0286. The Kier molecular flexibility index (Phi) is 7.72. The summed E-state index contributed by atoms with van der Waals surface area (Å²) in [6, 6.07) is 20.0. The number of nitro groups is 1. The lowest BCUT2D eigenvalue weighted by atomic mass is 9.76. The molecule has 2 aliphatic rings. The van der Waals surface area contributed by atoms with Gasteiger partial charge in [0.15, 0.2) is 0 Å². The molecule has 0 bridgehead atoms. The second kappa shape index (κ2) is 11.4. The normalized spacial score (nSPS) is 23.0. The van der Waals surface area contributed by atoms with Gasteiger partial charge in [0.2, 0.25) is 11.8 Å². The van der Waals surface area contributed by atoms with Gasteiger partial charge in [0.25, 0.3) is 5.69 Å². The Bertz CT molecular complexity index is 1530. The van der Waals surface area contributed by atoms with E-state index in [1.807, 2.05) is 30.3 Å². The van der Waals surface area contributed by atoms with Crippen molar-refractivity contribution >= 4 is 35.1 Å². The van der Waals surface area contributed by atoms with Crippen LogP contribution in [-0.2, 0) is 25.5 Å². The van der Waals surface area contributed by atoms with E-state index in [9.17, 15) is 34.4 Å². The fourth-order valence-corrected chi connectivity index (χ4v) is 5.87. The van der Waals surface area contributed by atoms with Crippen LogP contribution in [0.4, 0.5) is 11.4 Å². The molecule has 0 saturated carbocycles. The van der Waals surface area contributed by atoms with Gasteiger partial charge in [-0.05, 0) is 35.4 Å². The average molecular weight is 573 g/mol. The molecule has 3 N–H and O–H groups in total. The largest absolute Gasteiger partial charge is 0.480 e. The lowest BCUT2D eigenvalue weighted by molar-refractivity contribution is -0.384. The number of hydrogen-bond donors (Lipinski definition) is 3. The van der Waals surface area contributed by atoms with Crippen LogP contribution in [0.15, 0.2) is 78.9 Å². The number of likely N-dealkylation sites (tertiary alicyclic amines) is 1. The van der Waals surface area contributed by atoms with Gasteiger partial charge in [-0.15, -0.1) is 0 Å². The number of methoxy groups -OCH3 is 1. The van der Waals surface area contributed by atoms with E-state index in [0.717, 1.165) is 10.6 Å². The molecule has 0 aromatic heterocycles. The Hall–Kier alpha value is -5.10. The van der Waals surface area contributed by atoms with Crippen LogP contribution in [0.1, 0.15) is 27.5 Å². The maximum Gasteiger partial charge on any atom is 0.337 e. The van der Waals surface area contributed by atoms with Crippen LogP contribution in [0.3, 0.4) is 0 Å². The number of aliphatic carboxylic acids is 1. The zero-order chi connectivity index (χ0) is 30.0. The summed E-state index contributed by atoms with van der Waals surface area (Å²) in [5.41, 5.74) is -0.00182. The van der Waals surface area contributed by atoms with Crippen molar-refractivity contribution in [2.24, 2.45) is 11.8 Å². The van der Waals surface area contributed by atoms with Crippen LogP contribution in [0.5, 0.6) is 0 Å². The Morgan fingerprint density at radius 1 is 1.02 bits per heavy atom. The summed E-state index contributed by atoms with van der Waals surface area (Å²) in [6.45, 7) is 0.288. The maximum atomic E-state index is 13.9. The second-order valence-electron chi connectivity index (χ2n) is 10.2. The first-order chi connectivity index (χ1) is 20.2. The molecule has 12 nitrogen and oxygen atoms in total. The van der Waals surface area contributed by atoms with Crippen molar-refractivity contribution in [2.45, 2.75) is 18.0 Å². The van der Waals surface area contributed by atoms with Gasteiger partial charge in [0, 0.05) is 43.4 Å². The first-order valence-electron chi connectivity index (χ1n) is 13.2. The number of rotatable bonds is 10. The monoisotopic (exact) mass is 572 g/mol. The molecule has 0 aliphatic carbocycles. The van der Waals surface area contributed by atoms with Crippen LogP contribution >= 0.6 is 0 Å². The number of hydrogen-bond acceptors (Lipinski definition) is 9. The fraction of sp³-hybridized carbons (Fsp3) is 0.267. The number of carboxylic acid groups (broad SMARTS) is 1. The summed E-state index contributed by atoms with van der Waals surface area (Å²) in [7, 11) is 1.25. The number of imide groups is 1. The number of ether oxygens (including phenoxy) is 1. The number of carboxylic acids is 1. The van der Waals surface area contributed by atoms with E-state index >= 15 is 0 Å². The third-order valence-corrected chi connectivity index (χ3v) is 7.89. The number of para-hydroxylation sites is 1. The average Bonchev–Trinajstić information content (AvgIpc) is 3.47. The molecule has 2 aliphatic heterocycles. The Labute approximate surface area is 240 Å². The molecule has 3 aromatic carbocycles. The van der Waals surface area contributed by atoms with Crippen LogP contribution in [0.25, 0.3) is 0 Å². The smallest absolute Gasteiger partial charge is 0.337 e. The van der Waals surface area contributed by atoms with Gasteiger partial charge in [-0.3, -0.25) is 34.7 Å². The van der Waals surface area contributed by atoms with Crippen LogP contribution in [0, 0.1) is 22.0 Å². The van der Waals surface area contributed by atoms with Gasteiger partial charge in [-0.2, -0.15) is 0 Å². The number of carbonyl (C=O) groups is 4. The van der Waals surface area contributed by atoms with Crippen molar-refractivity contribution in [3.05, 3.63) is 106 Å². The van der Waals surface area contributed by atoms with E-state index < -0.39 is 52.1 Å². The number of amides is 2. The number of anilines is 1. The summed E-state index contributed by atoms with van der Waals surface area (Å²) in [5.74, 6) is -5.27. The molecule has 2 amide bonds. The lowest BCUT2D eigenvalue weighted by Gasteiger charge is -2.31. The van der Waals surface area contributed by atoms with Crippen molar-refractivity contribution in [1.82, 2.24) is 10.2 Å². The highest BCUT2D eigenvalue weighted by atomic mass is 16.6. The molecule has 2 saturated heterocycles. The number of nitrogens with one attached hydrogen (secondary N) is 2. The standard InChI is InChI=1S/C30H28N4O8/c1-42-28(37)20-11-9-19(10-12-20)25-23-24(27(36)33(26(23)35)16-15-31-21-5-3-2-4-6-21)30(32-25,29(38)39)17-18-7-13-22(14-8-18)34(40)41/h2-14,23-25,31-32H,15-17H2,1H3,(H,38,39). The number of benzene rings is 3. The van der Waals surface area contributed by atoms with Crippen molar-refractivity contribution in [3.8, 4) is 0 Å². The van der Waals surface area contributed by atoms with Crippen LogP contribution in [0.2, 0.25) is 0 Å². The zero-order valence-electron chi connectivity index (χ0n) is 22.6. The quantitative estimate of drug-likeness (QED) is 0.142. The number of nitro benzene ring substituents is 1. The number of nitrogens with zero attached hydrogens (tertiary/aromatic N) is 2. The summed E-state index contributed by atoms with van der Waals surface area (Å²) < 4.78 is 4.75. The molecule has 2 heterocycles. The van der Waals surface area contributed by atoms with Crippen molar-refractivity contribution in [2.75, 3.05) is 25.5 Å². The summed E-state index contributed by atoms with van der Waals surface area (Å²) in [4.78, 5) is 64.4. The van der Waals surface area contributed by atoms with Gasteiger partial charge < -0.3 is 15.2 Å². The van der Waals surface area contributed by atoms with E-state index in [2.05, 4.69) is 10.6 Å². The van der Waals surface area contributed by atoms with E-state index in [1.165, 1.54) is 43.5 Å². The van der Waals surface area contributed by atoms with Crippen molar-refractivity contribution < 1.29 is 33.9 Å². The molecule has 12 heteroatoms. The number of non-ortho nitro benzene ring substituents is 1. The SMILES string of the molecule is COC(=O)c1ccc(C2NC(Cc3ccc([N+](=O)[O-])cc3)(C(=O)O)C3C(=O)N(CCNc4ccccc4)C(=O)C23)cc1. The third-order valence-electron chi connectivity index (χ3n) is 7.89. The first kappa shape index (κ1) is 28.4. The highest BCUT2D eigenvalue weighted by Crippen LogP contribution is 2.50. The van der Waals surface area contributed by atoms with Crippen LogP contribution < -0.4 is 10.6 Å². The highest BCUT2D eigenvalue weighted by molar-refractivity contribution is 6.09. The minimum Gasteiger partial charge on any atom is -0.480 e. The minimum atomic E-state index is -1.89. The van der Waals surface area contributed by atoms with Gasteiger partial charge in [0.05, 0.1) is 29.4 Å². The fourth-order valence-electron chi connectivity index (χ4n) is 5.87. The number of fused-ring (bicyclic) bond motifs is 1. The number of esters is 1. The summed E-state index contributed by atoms with van der Waals surface area (Å²) in [5, 5.41) is 28.0. The zero-order valence-corrected chi connectivity index (χ0v) is 22.6. The first-order valence-corrected chi connectivity index (χ1v) is 13.2. The van der Waals surface area contributed by atoms with E-state index in [0.29, 0.717) is 11.1 Å². The van der Waals surface area contributed by atoms with Gasteiger partial charge in [-0.25, -0.2) is 4.79 Å². The molecule has 0 radical (unpaired) electrons. The van der Waals surface area contributed by atoms with Crippen LogP contribution in [-0.4, -0.2) is 64.4 Å². The molecule has 2 fully saturated rings. The third kappa shape index (κ3) is 5.07.